The Morgan fingerprint density at radius 1 is 0.875 bits per heavy atom. The van der Waals surface area contributed by atoms with Crippen molar-refractivity contribution in [3.8, 4) is 0 Å². The average molecular weight is 236 g/mol. The van der Waals surface area contributed by atoms with Crippen LogP contribution < -0.4 is 0 Å². The molecule has 92 valence electrons. The third-order valence-corrected chi connectivity index (χ3v) is 1.87. The summed E-state index contributed by atoms with van der Waals surface area (Å²) in [6, 6.07) is 0. The van der Waals surface area contributed by atoms with Crippen LogP contribution in [0.25, 0.3) is 0 Å². The lowest BCUT2D eigenvalue weighted by molar-refractivity contribution is -0.166. The molecule has 0 radical (unpaired) electrons. The highest BCUT2D eigenvalue weighted by Crippen LogP contribution is 2.06. The molecule has 5 N–H and O–H groups in total. The molecule has 0 bridgehead atoms. The minimum Gasteiger partial charge on any atom is -0.479 e. The molecule has 0 aromatic heterocycles. The van der Waals surface area contributed by atoms with Gasteiger partial charge in [-0.25, -0.2) is 4.79 Å². The number of ketones is 2. The summed E-state index contributed by atoms with van der Waals surface area (Å²) < 4.78 is 0. The van der Waals surface area contributed by atoms with Crippen LogP contribution >= 0.6 is 0 Å². The molecule has 0 amide bonds. The van der Waals surface area contributed by atoms with Gasteiger partial charge in [0.1, 0.15) is 18.3 Å². The molecule has 0 aliphatic rings. The molecular formula is C8H12O8. The van der Waals surface area contributed by atoms with Gasteiger partial charge in [-0.3, -0.25) is 9.59 Å². The summed E-state index contributed by atoms with van der Waals surface area (Å²) in [5.74, 6) is -4.29. The van der Waals surface area contributed by atoms with E-state index in [0.717, 1.165) is 6.92 Å². The van der Waals surface area contributed by atoms with E-state index in [1.807, 2.05) is 0 Å². The molecule has 16 heavy (non-hydrogen) atoms. The van der Waals surface area contributed by atoms with E-state index in [0.29, 0.717) is 0 Å². The Morgan fingerprint density at radius 3 is 1.56 bits per heavy atom. The number of carboxylic acids is 1. The number of rotatable bonds is 6. The molecule has 0 spiro atoms. The van der Waals surface area contributed by atoms with Crippen LogP contribution in [0, 0.1) is 0 Å². The topological polar surface area (TPSA) is 152 Å². The van der Waals surface area contributed by atoms with Crippen molar-refractivity contribution in [2.45, 2.75) is 31.3 Å². The number of carboxylic acid groups (broad SMARTS) is 1. The van der Waals surface area contributed by atoms with E-state index >= 15 is 0 Å². The van der Waals surface area contributed by atoms with Gasteiger partial charge >= 0.3 is 5.97 Å². The van der Waals surface area contributed by atoms with Crippen LogP contribution in [0.5, 0.6) is 0 Å². The van der Waals surface area contributed by atoms with Crippen molar-refractivity contribution >= 4 is 17.5 Å². The highest BCUT2D eigenvalue weighted by Gasteiger charge is 2.38. The largest absolute Gasteiger partial charge is 0.479 e. The predicted octanol–water partition coefficient (Wildman–Crippen LogP) is -3.33. The minimum absolute atomic E-state index is 0.832. The Balaban J connectivity index is 4.67. The summed E-state index contributed by atoms with van der Waals surface area (Å²) in [6.45, 7) is 0.832. The number of hydrogen-bond acceptors (Lipinski definition) is 7. The second-order valence-corrected chi connectivity index (χ2v) is 3.13. The fourth-order valence-corrected chi connectivity index (χ4v) is 0.883. The summed E-state index contributed by atoms with van der Waals surface area (Å²) in [5, 5.41) is 44.3. The van der Waals surface area contributed by atoms with Crippen molar-refractivity contribution < 1.29 is 39.9 Å². The maximum absolute atomic E-state index is 10.9. The van der Waals surface area contributed by atoms with Crippen LogP contribution in [0.4, 0.5) is 0 Å². The van der Waals surface area contributed by atoms with Crippen molar-refractivity contribution in [3.05, 3.63) is 0 Å². The Bertz CT molecular complexity index is 298. The number of aliphatic carboxylic acids is 1. The molecule has 0 rings (SSSR count). The van der Waals surface area contributed by atoms with Crippen molar-refractivity contribution in [1.29, 1.82) is 0 Å². The van der Waals surface area contributed by atoms with Crippen LogP contribution in [0.1, 0.15) is 6.92 Å². The van der Waals surface area contributed by atoms with Crippen molar-refractivity contribution in [2.75, 3.05) is 0 Å². The lowest BCUT2D eigenvalue weighted by Crippen LogP contribution is -2.51. The van der Waals surface area contributed by atoms with Crippen LogP contribution in [0.15, 0.2) is 0 Å². The number of hydrogen-bond donors (Lipinski definition) is 5. The third-order valence-electron chi connectivity index (χ3n) is 1.87. The van der Waals surface area contributed by atoms with Crippen LogP contribution in [0.3, 0.4) is 0 Å². The molecule has 0 aliphatic heterocycles. The van der Waals surface area contributed by atoms with E-state index in [1.165, 1.54) is 0 Å². The van der Waals surface area contributed by atoms with Crippen LogP contribution in [-0.4, -0.2) is 67.5 Å². The second-order valence-electron chi connectivity index (χ2n) is 3.13. The molecule has 0 heterocycles. The Hall–Kier alpha value is -1.35. The van der Waals surface area contributed by atoms with Gasteiger partial charge in [0.25, 0.3) is 0 Å². The second kappa shape index (κ2) is 5.66. The van der Waals surface area contributed by atoms with Gasteiger partial charge in [0.05, 0.1) is 0 Å². The number of Topliss-reactive ketones (excluding diaryl/α,β-unsaturated/α-hetero) is 2. The fraction of sp³-hybridized carbons (Fsp3) is 0.625. The minimum atomic E-state index is -2.37. The Morgan fingerprint density at radius 2 is 1.25 bits per heavy atom. The number of aliphatic hydroxyl groups is 4. The lowest BCUT2D eigenvalue weighted by atomic mass is 9.99. The average Bonchev–Trinajstić information content (AvgIpc) is 2.23. The van der Waals surface area contributed by atoms with Crippen LogP contribution in [-0.2, 0) is 14.4 Å². The molecule has 4 atom stereocenters. The molecular weight excluding hydrogens is 224 g/mol. The van der Waals surface area contributed by atoms with Crippen molar-refractivity contribution in [1.82, 2.24) is 0 Å². The number of carbonyl (C=O) groups is 3. The van der Waals surface area contributed by atoms with Crippen LogP contribution in [0.2, 0.25) is 0 Å². The van der Waals surface area contributed by atoms with Crippen molar-refractivity contribution in [3.63, 3.8) is 0 Å². The van der Waals surface area contributed by atoms with E-state index in [-0.39, 0.29) is 0 Å². The normalized spacial score (nSPS) is 18.3. The lowest BCUT2D eigenvalue weighted by Gasteiger charge is -2.22. The van der Waals surface area contributed by atoms with Gasteiger partial charge in [-0.1, -0.05) is 0 Å². The molecule has 0 aromatic rings. The van der Waals surface area contributed by atoms with Gasteiger partial charge in [0.2, 0.25) is 5.78 Å². The highest BCUT2D eigenvalue weighted by molar-refractivity contribution is 6.38. The maximum atomic E-state index is 10.9. The quantitative estimate of drug-likeness (QED) is 0.300. The molecule has 0 aromatic carbocycles. The number of aliphatic hydroxyl groups excluding tert-OH is 4. The smallest absolute Gasteiger partial charge is 0.335 e. The standard InChI is InChI=1S/C8H12O8/c1-2(9)3(10)4(11)5(12)6(13)7(14)8(15)16/h4-7,11-14H,1H3,(H,15,16)/t4-,5+,6+,7-/m0/s1. The zero-order chi connectivity index (χ0) is 13.0. The summed E-state index contributed by atoms with van der Waals surface area (Å²) in [4.78, 5) is 31.6. The molecule has 0 saturated carbocycles. The monoisotopic (exact) mass is 236 g/mol. The molecule has 0 fully saturated rings. The van der Waals surface area contributed by atoms with E-state index in [9.17, 15) is 14.4 Å². The first kappa shape index (κ1) is 14.6. The first-order valence-electron chi connectivity index (χ1n) is 4.20. The van der Waals surface area contributed by atoms with Gasteiger partial charge in [-0.2, -0.15) is 0 Å². The van der Waals surface area contributed by atoms with E-state index < -0.39 is 42.0 Å². The molecule has 0 saturated heterocycles. The van der Waals surface area contributed by atoms with E-state index in [1.54, 1.807) is 0 Å². The van der Waals surface area contributed by atoms with Crippen molar-refractivity contribution in [2.24, 2.45) is 0 Å². The van der Waals surface area contributed by atoms with Gasteiger partial charge in [-0.05, 0) is 0 Å². The first-order valence-corrected chi connectivity index (χ1v) is 4.20. The highest BCUT2D eigenvalue weighted by atomic mass is 16.4. The first-order chi connectivity index (χ1) is 7.20. The van der Waals surface area contributed by atoms with Gasteiger partial charge in [0, 0.05) is 6.92 Å². The fourth-order valence-electron chi connectivity index (χ4n) is 0.883. The molecule has 0 aliphatic carbocycles. The summed E-state index contributed by atoms with van der Waals surface area (Å²) in [5.41, 5.74) is 0. The van der Waals surface area contributed by atoms with Gasteiger partial charge < -0.3 is 25.5 Å². The van der Waals surface area contributed by atoms with E-state index in [2.05, 4.69) is 0 Å². The summed E-state index contributed by atoms with van der Waals surface area (Å²) in [7, 11) is 0. The molecule has 0 unspecified atom stereocenters. The summed E-state index contributed by atoms with van der Waals surface area (Å²) in [6.07, 6.45) is -9.19. The van der Waals surface area contributed by atoms with E-state index in [4.69, 9.17) is 25.5 Å². The Kier molecular flexibility index (Phi) is 5.18. The zero-order valence-electron chi connectivity index (χ0n) is 8.27. The van der Waals surface area contributed by atoms with Gasteiger partial charge in [-0.15, -0.1) is 0 Å². The number of carbonyl (C=O) groups excluding carboxylic acids is 2. The third kappa shape index (κ3) is 3.35. The maximum Gasteiger partial charge on any atom is 0.335 e. The Labute approximate surface area is 89.7 Å². The van der Waals surface area contributed by atoms with Gasteiger partial charge in [0.15, 0.2) is 11.9 Å². The molecule has 8 heteroatoms. The SMILES string of the molecule is CC(=O)C(=O)[C@H](O)[C@@H](O)[C@@H](O)[C@H](O)C(=O)O. The zero-order valence-corrected chi connectivity index (χ0v) is 8.27. The molecule has 8 nitrogen and oxygen atoms in total. The summed E-state index contributed by atoms with van der Waals surface area (Å²) >= 11 is 0. The predicted molar refractivity (Wildman–Crippen MR) is 47.4 cm³/mol.